The highest BCUT2D eigenvalue weighted by Crippen LogP contribution is 2.25. The number of nitrogens with zero attached hydrogens (tertiary/aromatic N) is 2. The highest BCUT2D eigenvalue weighted by molar-refractivity contribution is 7.14. The second-order valence-corrected chi connectivity index (χ2v) is 7.88. The fourth-order valence-corrected chi connectivity index (χ4v) is 4.40. The lowest BCUT2D eigenvalue weighted by molar-refractivity contribution is -0.138. The number of aliphatic carboxylic acids is 1. The summed E-state index contributed by atoms with van der Waals surface area (Å²) < 4.78 is 0. The van der Waals surface area contributed by atoms with Crippen molar-refractivity contribution in [1.82, 2.24) is 9.80 Å². The molecule has 24 heavy (non-hydrogen) atoms. The van der Waals surface area contributed by atoms with Crippen molar-refractivity contribution in [3.8, 4) is 0 Å². The number of amides is 1. The number of thiophene rings is 1. The summed E-state index contributed by atoms with van der Waals surface area (Å²) in [5, 5.41) is 8.94. The van der Waals surface area contributed by atoms with Crippen LogP contribution in [0.5, 0.6) is 0 Å². The molecule has 1 aromatic rings. The highest BCUT2D eigenvalue weighted by atomic mass is 32.1. The van der Waals surface area contributed by atoms with Crippen LogP contribution in [0.2, 0.25) is 0 Å². The Morgan fingerprint density at radius 1 is 1.38 bits per heavy atom. The van der Waals surface area contributed by atoms with Crippen molar-refractivity contribution < 1.29 is 14.7 Å². The predicted molar refractivity (Wildman–Crippen MR) is 96.9 cm³/mol. The molecule has 1 aliphatic heterocycles. The third kappa shape index (κ3) is 4.80. The molecule has 0 saturated carbocycles. The lowest BCUT2D eigenvalue weighted by atomic mass is 10.1. The van der Waals surface area contributed by atoms with E-state index in [1.165, 1.54) is 10.4 Å². The maximum atomic E-state index is 12.8. The largest absolute Gasteiger partial charge is 0.480 e. The minimum absolute atomic E-state index is 0.0586. The highest BCUT2D eigenvalue weighted by Gasteiger charge is 2.25. The first-order valence-corrected chi connectivity index (χ1v) is 9.54. The van der Waals surface area contributed by atoms with Gasteiger partial charge in [-0.2, -0.15) is 0 Å². The first-order valence-electron chi connectivity index (χ1n) is 8.73. The Hall–Kier alpha value is -1.40. The third-order valence-electron chi connectivity index (χ3n) is 4.74. The molecule has 0 aromatic carbocycles. The van der Waals surface area contributed by atoms with E-state index in [0.717, 1.165) is 43.5 Å². The summed E-state index contributed by atoms with van der Waals surface area (Å²) in [6, 6.07) is 2.30. The molecule has 1 unspecified atom stereocenters. The molecule has 0 radical (unpaired) electrons. The first-order chi connectivity index (χ1) is 11.4. The van der Waals surface area contributed by atoms with Crippen molar-refractivity contribution in [1.29, 1.82) is 0 Å². The maximum absolute atomic E-state index is 12.8. The number of aryl methyl sites for hydroxylation is 2. The van der Waals surface area contributed by atoms with Crippen LogP contribution in [-0.4, -0.2) is 59.5 Å². The van der Waals surface area contributed by atoms with Crippen LogP contribution >= 0.6 is 11.3 Å². The molecule has 1 saturated heterocycles. The van der Waals surface area contributed by atoms with Crippen LogP contribution in [0.15, 0.2) is 6.07 Å². The van der Waals surface area contributed by atoms with Gasteiger partial charge in [-0.15, -0.1) is 11.3 Å². The Kier molecular flexibility index (Phi) is 6.80. The molecule has 1 amide bonds. The van der Waals surface area contributed by atoms with Gasteiger partial charge in [0.15, 0.2) is 0 Å². The van der Waals surface area contributed by atoms with Crippen LogP contribution in [0.25, 0.3) is 0 Å². The van der Waals surface area contributed by atoms with E-state index in [9.17, 15) is 9.59 Å². The van der Waals surface area contributed by atoms with Crippen LogP contribution in [0.3, 0.4) is 0 Å². The molecule has 6 heteroatoms. The van der Waals surface area contributed by atoms with Crippen molar-refractivity contribution >= 4 is 23.2 Å². The van der Waals surface area contributed by atoms with Gasteiger partial charge in [-0.3, -0.25) is 14.5 Å². The second kappa shape index (κ2) is 8.62. The van der Waals surface area contributed by atoms with Gasteiger partial charge in [-0.1, -0.05) is 13.3 Å². The Bertz CT molecular complexity index is 585. The Labute approximate surface area is 148 Å². The van der Waals surface area contributed by atoms with Gasteiger partial charge in [-0.25, -0.2) is 0 Å². The van der Waals surface area contributed by atoms with Gasteiger partial charge in [0.1, 0.15) is 0 Å². The summed E-state index contributed by atoms with van der Waals surface area (Å²) in [4.78, 5) is 29.6. The summed E-state index contributed by atoms with van der Waals surface area (Å²) in [6.07, 6.45) is 4.82. The number of rotatable bonds is 6. The Balaban J connectivity index is 1.99. The minimum atomic E-state index is -0.799. The van der Waals surface area contributed by atoms with Crippen molar-refractivity contribution in [3.05, 3.63) is 21.4 Å². The molecule has 0 spiro atoms. The number of carbonyl (C=O) groups is 2. The molecule has 5 nitrogen and oxygen atoms in total. The van der Waals surface area contributed by atoms with E-state index in [-0.39, 0.29) is 18.5 Å². The van der Waals surface area contributed by atoms with Crippen molar-refractivity contribution in [2.75, 3.05) is 26.7 Å². The van der Waals surface area contributed by atoms with E-state index in [1.54, 1.807) is 11.3 Å². The molecule has 134 valence electrons. The monoisotopic (exact) mass is 352 g/mol. The standard InChI is InChI=1S/C18H28N2O3S/c1-4-6-14-11-16(24-13(14)2)18(23)20-9-5-7-15(8-10-20)19(3)12-17(21)22/h11,15H,4-10,12H2,1-3H3,(H,21,22). The van der Waals surface area contributed by atoms with Gasteiger partial charge in [0.25, 0.3) is 5.91 Å². The minimum Gasteiger partial charge on any atom is -0.480 e. The van der Waals surface area contributed by atoms with E-state index in [4.69, 9.17) is 5.11 Å². The average Bonchev–Trinajstić information content (AvgIpc) is 2.74. The Morgan fingerprint density at radius 3 is 2.79 bits per heavy atom. The summed E-state index contributed by atoms with van der Waals surface area (Å²) in [7, 11) is 1.86. The number of hydrogen-bond donors (Lipinski definition) is 1. The molecule has 1 aromatic heterocycles. The molecule has 0 aliphatic carbocycles. The lowest BCUT2D eigenvalue weighted by Crippen LogP contribution is -2.37. The van der Waals surface area contributed by atoms with Gasteiger partial charge < -0.3 is 10.0 Å². The number of hydrogen-bond acceptors (Lipinski definition) is 4. The number of carboxylic acid groups (broad SMARTS) is 1. The molecule has 2 rings (SSSR count). The fraction of sp³-hybridized carbons (Fsp3) is 0.667. The summed E-state index contributed by atoms with van der Waals surface area (Å²) in [6.45, 7) is 5.76. The molecule has 1 fully saturated rings. The van der Waals surface area contributed by atoms with Crippen LogP contribution < -0.4 is 0 Å². The quantitative estimate of drug-likeness (QED) is 0.855. The van der Waals surface area contributed by atoms with Crippen LogP contribution in [0.4, 0.5) is 0 Å². The molecule has 1 atom stereocenters. The van der Waals surface area contributed by atoms with Crippen molar-refractivity contribution in [3.63, 3.8) is 0 Å². The molecule has 1 N–H and O–H groups in total. The number of carboxylic acids is 1. The van der Waals surface area contributed by atoms with E-state index < -0.39 is 5.97 Å². The molecular formula is C18H28N2O3S. The van der Waals surface area contributed by atoms with Gasteiger partial charge in [0, 0.05) is 24.0 Å². The summed E-state index contributed by atoms with van der Waals surface area (Å²) in [5.41, 5.74) is 1.29. The average molecular weight is 353 g/mol. The zero-order chi connectivity index (χ0) is 17.7. The molecule has 0 bridgehead atoms. The Morgan fingerprint density at radius 2 is 2.12 bits per heavy atom. The lowest BCUT2D eigenvalue weighted by Gasteiger charge is -2.25. The van der Waals surface area contributed by atoms with Gasteiger partial charge >= 0.3 is 5.97 Å². The number of likely N-dealkylation sites (N-methyl/N-ethyl adjacent to an activating group) is 1. The van der Waals surface area contributed by atoms with E-state index in [1.807, 2.05) is 16.8 Å². The first kappa shape index (κ1) is 18.9. The van der Waals surface area contributed by atoms with Crippen molar-refractivity contribution in [2.45, 2.75) is 52.0 Å². The molecule has 1 aliphatic rings. The van der Waals surface area contributed by atoms with Gasteiger partial charge in [0.05, 0.1) is 11.4 Å². The van der Waals surface area contributed by atoms with Crippen LogP contribution in [0, 0.1) is 6.92 Å². The second-order valence-electron chi connectivity index (χ2n) is 6.63. The van der Waals surface area contributed by atoms with Gasteiger partial charge in [-0.05, 0) is 51.3 Å². The third-order valence-corrected chi connectivity index (χ3v) is 5.82. The van der Waals surface area contributed by atoms with E-state index in [0.29, 0.717) is 6.54 Å². The van der Waals surface area contributed by atoms with Crippen molar-refractivity contribution in [2.24, 2.45) is 0 Å². The van der Waals surface area contributed by atoms with Crippen LogP contribution in [-0.2, 0) is 11.2 Å². The van der Waals surface area contributed by atoms with E-state index in [2.05, 4.69) is 19.9 Å². The van der Waals surface area contributed by atoms with E-state index >= 15 is 0 Å². The summed E-state index contributed by atoms with van der Waals surface area (Å²) >= 11 is 1.60. The number of likely N-dealkylation sites (tertiary alicyclic amines) is 1. The molecular weight excluding hydrogens is 324 g/mol. The van der Waals surface area contributed by atoms with Gasteiger partial charge in [0.2, 0.25) is 0 Å². The predicted octanol–water partition coefficient (Wildman–Crippen LogP) is 3.02. The fourth-order valence-electron chi connectivity index (χ4n) is 3.36. The summed E-state index contributed by atoms with van der Waals surface area (Å²) in [5.74, 6) is -0.667. The normalized spacial score (nSPS) is 18.7. The SMILES string of the molecule is CCCc1cc(C(=O)N2CCCC(N(C)CC(=O)O)CC2)sc1C. The molecule has 2 heterocycles. The number of carbonyl (C=O) groups excluding carboxylic acids is 1. The zero-order valence-electron chi connectivity index (χ0n) is 14.9. The van der Waals surface area contributed by atoms with Crippen LogP contribution in [0.1, 0.15) is 52.7 Å². The zero-order valence-corrected chi connectivity index (χ0v) is 15.7. The smallest absolute Gasteiger partial charge is 0.317 e. The maximum Gasteiger partial charge on any atom is 0.317 e. The topological polar surface area (TPSA) is 60.9 Å².